The van der Waals surface area contributed by atoms with Gasteiger partial charge in [-0.15, -0.1) is 0 Å². The molecule has 0 fully saturated rings. The van der Waals surface area contributed by atoms with E-state index in [1.807, 2.05) is 0 Å². The van der Waals surface area contributed by atoms with Crippen LogP contribution in [0.25, 0.3) is 0 Å². The average molecular weight is 263 g/mol. The van der Waals surface area contributed by atoms with Crippen molar-refractivity contribution >= 4 is 19.9 Å². The first kappa shape index (κ1) is 11.3. The Morgan fingerprint density at radius 3 is 2.75 bits per heavy atom. The summed E-state index contributed by atoms with van der Waals surface area (Å²) in [7, 11) is -7.00. The van der Waals surface area contributed by atoms with Gasteiger partial charge in [0, 0.05) is 5.41 Å². The second-order valence-electron chi connectivity index (χ2n) is 3.30. The third-order valence-electron chi connectivity index (χ3n) is 2.00. The van der Waals surface area contributed by atoms with Crippen LogP contribution in [-0.4, -0.2) is 38.6 Å². The van der Waals surface area contributed by atoms with E-state index in [0.717, 1.165) is 11.6 Å². The van der Waals surface area contributed by atoms with Gasteiger partial charge in [0.05, 0.1) is 24.3 Å². The number of sulfone groups is 1. The smallest absolute Gasteiger partial charge is 0.258 e. The Morgan fingerprint density at radius 1 is 1.50 bits per heavy atom. The van der Waals surface area contributed by atoms with Crippen molar-refractivity contribution in [1.82, 2.24) is 14.7 Å². The quantitative estimate of drug-likeness (QED) is 0.727. The standard InChI is InChI=1S/C7H9N3O4S2/c11-15(12)2-1-6(4-15)10-16(13,14)7-3-8-5-9-7/h1-3,5-6,10H,4H2,(H,8,9). The molecule has 9 heteroatoms. The number of sulfonamides is 1. The van der Waals surface area contributed by atoms with Crippen LogP contribution in [0.3, 0.4) is 0 Å². The molecule has 2 heterocycles. The first-order chi connectivity index (χ1) is 7.39. The minimum atomic E-state index is -3.73. The van der Waals surface area contributed by atoms with Crippen molar-refractivity contribution in [2.24, 2.45) is 0 Å². The van der Waals surface area contributed by atoms with Gasteiger partial charge in [0.25, 0.3) is 10.0 Å². The van der Waals surface area contributed by atoms with Crippen molar-refractivity contribution in [3.05, 3.63) is 24.0 Å². The molecule has 0 saturated heterocycles. The minimum absolute atomic E-state index is 0.0924. The number of aromatic amines is 1. The number of rotatable bonds is 3. The van der Waals surface area contributed by atoms with E-state index in [2.05, 4.69) is 14.7 Å². The van der Waals surface area contributed by atoms with Gasteiger partial charge >= 0.3 is 0 Å². The molecule has 7 nitrogen and oxygen atoms in total. The average Bonchev–Trinajstić information content (AvgIpc) is 2.74. The highest BCUT2D eigenvalue weighted by molar-refractivity contribution is 7.94. The maximum atomic E-state index is 11.6. The lowest BCUT2D eigenvalue weighted by molar-refractivity contribution is 0.572. The number of hydrogen-bond acceptors (Lipinski definition) is 5. The van der Waals surface area contributed by atoms with E-state index in [1.165, 1.54) is 12.4 Å². The summed E-state index contributed by atoms with van der Waals surface area (Å²) in [5.41, 5.74) is 0. The van der Waals surface area contributed by atoms with E-state index >= 15 is 0 Å². The van der Waals surface area contributed by atoms with Crippen molar-refractivity contribution in [3.63, 3.8) is 0 Å². The molecular formula is C7H9N3O4S2. The second kappa shape index (κ2) is 3.68. The third-order valence-corrected chi connectivity index (χ3v) is 4.81. The summed E-state index contributed by atoms with van der Waals surface area (Å²) in [6.07, 6.45) is 3.69. The third kappa shape index (κ3) is 2.31. The molecule has 1 atom stereocenters. The molecule has 0 spiro atoms. The predicted molar refractivity (Wildman–Crippen MR) is 55.6 cm³/mol. The van der Waals surface area contributed by atoms with Crippen molar-refractivity contribution in [2.45, 2.75) is 11.1 Å². The fraction of sp³-hybridized carbons (Fsp3) is 0.286. The maximum absolute atomic E-state index is 11.6. The largest absolute Gasteiger partial charge is 0.335 e. The molecular weight excluding hydrogens is 254 g/mol. The number of nitrogens with zero attached hydrogens (tertiary/aromatic N) is 1. The fourth-order valence-corrected chi connectivity index (χ4v) is 3.74. The van der Waals surface area contributed by atoms with Gasteiger partial charge in [0.2, 0.25) is 0 Å². The van der Waals surface area contributed by atoms with Crippen LogP contribution < -0.4 is 4.72 Å². The Morgan fingerprint density at radius 2 is 2.25 bits per heavy atom. The van der Waals surface area contributed by atoms with E-state index in [4.69, 9.17) is 0 Å². The Bertz CT molecular complexity index is 600. The fourth-order valence-electron chi connectivity index (χ4n) is 1.30. The summed E-state index contributed by atoms with van der Waals surface area (Å²) in [6, 6.07) is -0.724. The van der Waals surface area contributed by atoms with Gasteiger partial charge in [0.15, 0.2) is 14.9 Å². The van der Waals surface area contributed by atoms with Crippen molar-refractivity contribution in [3.8, 4) is 0 Å². The van der Waals surface area contributed by atoms with Gasteiger partial charge < -0.3 is 4.98 Å². The molecule has 0 saturated carbocycles. The van der Waals surface area contributed by atoms with Gasteiger partial charge in [0.1, 0.15) is 0 Å². The van der Waals surface area contributed by atoms with Crippen molar-refractivity contribution in [2.75, 3.05) is 5.75 Å². The molecule has 2 N–H and O–H groups in total. The van der Waals surface area contributed by atoms with Crippen molar-refractivity contribution in [1.29, 1.82) is 0 Å². The molecule has 16 heavy (non-hydrogen) atoms. The SMILES string of the molecule is O=S1(=O)C=CC(NS(=O)(=O)c2cnc[nH]2)C1. The van der Waals surface area contributed by atoms with Crippen LogP contribution in [0.5, 0.6) is 0 Å². The molecule has 0 amide bonds. The first-order valence-electron chi connectivity index (χ1n) is 4.31. The van der Waals surface area contributed by atoms with Crippen molar-refractivity contribution < 1.29 is 16.8 Å². The molecule has 88 valence electrons. The highest BCUT2D eigenvalue weighted by atomic mass is 32.2. The molecule has 2 rings (SSSR count). The summed E-state index contributed by atoms with van der Waals surface area (Å²) in [6.45, 7) is 0. The molecule has 1 aliphatic heterocycles. The summed E-state index contributed by atoms with van der Waals surface area (Å²) in [4.78, 5) is 6.02. The zero-order chi connectivity index (χ0) is 11.8. The van der Waals surface area contributed by atoms with Gasteiger partial charge in [-0.05, 0) is 0 Å². The van der Waals surface area contributed by atoms with Crippen LogP contribution in [0.2, 0.25) is 0 Å². The first-order valence-corrected chi connectivity index (χ1v) is 7.51. The number of imidazole rings is 1. The molecule has 0 aromatic carbocycles. The summed E-state index contributed by atoms with van der Waals surface area (Å²) < 4.78 is 47.7. The lowest BCUT2D eigenvalue weighted by Gasteiger charge is -2.08. The zero-order valence-electron chi connectivity index (χ0n) is 7.99. The number of hydrogen-bond donors (Lipinski definition) is 2. The van der Waals surface area contributed by atoms with E-state index in [0.29, 0.717) is 0 Å². The number of nitrogens with one attached hydrogen (secondary N) is 2. The topological polar surface area (TPSA) is 109 Å². The Balaban J connectivity index is 2.16. The van der Waals surface area contributed by atoms with Crippen LogP contribution in [0.15, 0.2) is 29.0 Å². The lowest BCUT2D eigenvalue weighted by Crippen LogP contribution is -2.35. The van der Waals surface area contributed by atoms with Crippen LogP contribution in [0, 0.1) is 0 Å². The summed E-state index contributed by atoms with van der Waals surface area (Å²) in [5, 5.41) is 0.915. The van der Waals surface area contributed by atoms with E-state index in [-0.39, 0.29) is 10.8 Å². The molecule has 1 aromatic rings. The molecule has 1 aliphatic rings. The van der Waals surface area contributed by atoms with E-state index < -0.39 is 25.9 Å². The maximum Gasteiger partial charge on any atom is 0.258 e. The Hall–Kier alpha value is -1.19. The zero-order valence-corrected chi connectivity index (χ0v) is 9.62. The monoisotopic (exact) mass is 263 g/mol. The lowest BCUT2D eigenvalue weighted by atomic mass is 10.4. The van der Waals surface area contributed by atoms with E-state index in [9.17, 15) is 16.8 Å². The predicted octanol–water partition coefficient (Wildman–Crippen LogP) is -1.00. The number of aromatic nitrogens is 2. The molecule has 0 aliphatic carbocycles. The molecule has 1 unspecified atom stereocenters. The van der Waals surface area contributed by atoms with Crippen LogP contribution in [-0.2, 0) is 19.9 Å². The Kier molecular flexibility index (Phi) is 2.60. The molecule has 0 bridgehead atoms. The highest BCUT2D eigenvalue weighted by Gasteiger charge is 2.27. The van der Waals surface area contributed by atoms with E-state index in [1.54, 1.807) is 0 Å². The number of H-pyrrole nitrogens is 1. The van der Waals surface area contributed by atoms with Gasteiger partial charge in [-0.3, -0.25) is 0 Å². The van der Waals surface area contributed by atoms with Gasteiger partial charge in [-0.25, -0.2) is 26.5 Å². The summed E-state index contributed by atoms with van der Waals surface area (Å²) in [5.74, 6) is -0.250. The van der Waals surface area contributed by atoms with Gasteiger partial charge in [-0.2, -0.15) is 0 Å². The second-order valence-corrected chi connectivity index (χ2v) is 6.92. The van der Waals surface area contributed by atoms with Crippen LogP contribution >= 0.6 is 0 Å². The highest BCUT2D eigenvalue weighted by Crippen LogP contribution is 2.11. The molecule has 1 aromatic heterocycles. The normalized spacial score (nSPS) is 23.6. The summed E-state index contributed by atoms with van der Waals surface area (Å²) >= 11 is 0. The van der Waals surface area contributed by atoms with Crippen LogP contribution in [0.1, 0.15) is 0 Å². The van der Waals surface area contributed by atoms with Gasteiger partial charge in [-0.1, -0.05) is 6.08 Å². The Labute approximate surface area is 92.6 Å². The minimum Gasteiger partial charge on any atom is -0.335 e. The molecule has 0 radical (unpaired) electrons. The van der Waals surface area contributed by atoms with Crippen LogP contribution in [0.4, 0.5) is 0 Å².